The summed E-state index contributed by atoms with van der Waals surface area (Å²) < 4.78 is 6.95. The molecule has 0 atom stereocenters. The van der Waals surface area contributed by atoms with E-state index < -0.39 is 0 Å². The summed E-state index contributed by atoms with van der Waals surface area (Å²) >= 11 is 4.68. The predicted molar refractivity (Wildman–Crippen MR) is 150 cm³/mol. The Labute approximate surface area is 225 Å². The maximum atomic E-state index is 13.0. The number of hydrogen-bond acceptors (Lipinski definition) is 9. The summed E-state index contributed by atoms with van der Waals surface area (Å²) in [4.78, 5) is 30.6. The second-order valence-corrected chi connectivity index (χ2v) is 10.8. The van der Waals surface area contributed by atoms with Gasteiger partial charge >= 0.3 is 0 Å². The van der Waals surface area contributed by atoms with E-state index in [0.29, 0.717) is 45.0 Å². The average Bonchev–Trinajstić information content (AvgIpc) is 3.30. The van der Waals surface area contributed by atoms with E-state index in [2.05, 4.69) is 60.3 Å². The van der Waals surface area contributed by atoms with Crippen LogP contribution in [0.15, 0.2) is 70.9 Å². The van der Waals surface area contributed by atoms with Gasteiger partial charge in [0.2, 0.25) is 0 Å². The van der Waals surface area contributed by atoms with Gasteiger partial charge in [0.25, 0.3) is 5.91 Å². The van der Waals surface area contributed by atoms with Gasteiger partial charge in [0.05, 0.1) is 21.1 Å². The molecule has 0 bridgehead atoms. The van der Waals surface area contributed by atoms with Crippen molar-refractivity contribution in [3.05, 3.63) is 82.2 Å². The van der Waals surface area contributed by atoms with Crippen molar-refractivity contribution in [3.8, 4) is 11.5 Å². The molecule has 3 aromatic heterocycles. The minimum atomic E-state index is -0.306. The number of fused-ring (bicyclic) bond motifs is 1. The zero-order chi connectivity index (χ0) is 25.9. The van der Waals surface area contributed by atoms with Crippen LogP contribution < -0.4 is 21.1 Å². The van der Waals surface area contributed by atoms with E-state index in [0.717, 1.165) is 14.9 Å². The van der Waals surface area contributed by atoms with E-state index in [1.807, 2.05) is 12.1 Å². The molecule has 186 valence electrons. The number of carbonyl (C=O) groups excluding carboxylic acids is 1. The van der Waals surface area contributed by atoms with Gasteiger partial charge in [-0.25, -0.2) is 19.9 Å². The smallest absolute Gasteiger partial charge is 0.257 e. The van der Waals surface area contributed by atoms with E-state index in [4.69, 9.17) is 10.5 Å². The third kappa shape index (κ3) is 5.68. The quantitative estimate of drug-likeness (QED) is 0.182. The zero-order valence-corrected chi connectivity index (χ0v) is 22.3. The molecule has 0 unspecified atom stereocenters. The minimum Gasteiger partial charge on any atom is -0.455 e. The van der Waals surface area contributed by atoms with Gasteiger partial charge in [0.15, 0.2) is 16.5 Å². The summed E-state index contributed by atoms with van der Waals surface area (Å²) in [6, 6.07) is 16.1. The predicted octanol–water partition coefficient (Wildman–Crippen LogP) is 6.74. The molecule has 0 saturated carbocycles. The van der Waals surface area contributed by atoms with Crippen LogP contribution in [-0.4, -0.2) is 25.8 Å². The SMILES string of the molecule is CC(C)c1ccc2c(Nc3cc(C(=O)Nc4ncc(Br)s4)ccc3Oc3ccc(N)cc3)ncnc2n1. The number of nitrogens with two attached hydrogens (primary N) is 1. The van der Waals surface area contributed by atoms with Crippen molar-refractivity contribution in [1.82, 2.24) is 19.9 Å². The highest BCUT2D eigenvalue weighted by Crippen LogP contribution is 2.35. The van der Waals surface area contributed by atoms with Gasteiger partial charge in [-0.15, -0.1) is 0 Å². The molecule has 0 aliphatic rings. The van der Waals surface area contributed by atoms with Crippen molar-refractivity contribution < 1.29 is 9.53 Å². The van der Waals surface area contributed by atoms with Gasteiger partial charge in [-0.05, 0) is 76.4 Å². The molecular formula is C26H22BrN7O2S. The average molecular weight is 576 g/mol. The van der Waals surface area contributed by atoms with Crippen LogP contribution in [0.4, 0.5) is 22.3 Å². The number of amides is 1. The maximum absolute atomic E-state index is 13.0. The van der Waals surface area contributed by atoms with Crippen LogP contribution in [0.25, 0.3) is 11.0 Å². The number of halogens is 1. The Hall–Kier alpha value is -4.09. The zero-order valence-electron chi connectivity index (χ0n) is 19.9. The number of carbonyl (C=O) groups is 1. The molecular weight excluding hydrogens is 554 g/mol. The van der Waals surface area contributed by atoms with Crippen molar-refractivity contribution in [3.63, 3.8) is 0 Å². The number of nitrogen functional groups attached to an aromatic ring is 1. The number of rotatable bonds is 7. The fraction of sp³-hybridized carbons (Fsp3) is 0.115. The summed E-state index contributed by atoms with van der Waals surface area (Å²) in [6.45, 7) is 4.16. The molecule has 0 aliphatic heterocycles. The Balaban J connectivity index is 1.52. The molecule has 0 fully saturated rings. The summed E-state index contributed by atoms with van der Waals surface area (Å²) in [5.41, 5.74) is 8.92. The number of hydrogen-bond donors (Lipinski definition) is 3. The fourth-order valence-corrected chi connectivity index (χ4v) is 4.61. The Morgan fingerprint density at radius 3 is 2.59 bits per heavy atom. The number of nitrogens with one attached hydrogen (secondary N) is 2. The molecule has 1 amide bonds. The molecule has 2 aromatic carbocycles. The normalized spacial score (nSPS) is 11.0. The maximum Gasteiger partial charge on any atom is 0.257 e. The summed E-state index contributed by atoms with van der Waals surface area (Å²) in [5.74, 6) is 1.59. The Morgan fingerprint density at radius 1 is 1.05 bits per heavy atom. The summed E-state index contributed by atoms with van der Waals surface area (Å²) in [6.07, 6.45) is 3.09. The lowest BCUT2D eigenvalue weighted by atomic mass is 10.1. The van der Waals surface area contributed by atoms with Crippen molar-refractivity contribution >= 4 is 66.5 Å². The van der Waals surface area contributed by atoms with Crippen LogP contribution in [0.1, 0.15) is 35.8 Å². The lowest BCUT2D eigenvalue weighted by Crippen LogP contribution is -2.12. The molecule has 37 heavy (non-hydrogen) atoms. The number of nitrogens with zero attached hydrogens (tertiary/aromatic N) is 4. The first-order valence-corrected chi connectivity index (χ1v) is 13.0. The van der Waals surface area contributed by atoms with Gasteiger partial charge in [-0.1, -0.05) is 25.2 Å². The van der Waals surface area contributed by atoms with E-state index in [1.165, 1.54) is 17.7 Å². The van der Waals surface area contributed by atoms with Crippen LogP contribution in [0.2, 0.25) is 0 Å². The summed E-state index contributed by atoms with van der Waals surface area (Å²) in [7, 11) is 0. The standard InChI is InChI=1S/C26H22BrN7O2S/c1-14(2)19-9-8-18-23(32-19)30-13-31-24(18)33-20-11-15(25(35)34-26-29-12-22(27)37-26)3-10-21(20)36-17-6-4-16(28)5-7-17/h3-14H,28H2,1-2H3,(H,29,34,35)(H,30,31,32,33). The summed E-state index contributed by atoms with van der Waals surface area (Å²) in [5, 5.41) is 7.36. The molecule has 11 heteroatoms. The van der Waals surface area contributed by atoms with Crippen molar-refractivity contribution in [2.24, 2.45) is 0 Å². The molecule has 5 rings (SSSR count). The second-order valence-electron chi connectivity index (χ2n) is 8.41. The van der Waals surface area contributed by atoms with Gasteiger partial charge in [0, 0.05) is 16.9 Å². The molecule has 0 saturated heterocycles. The molecule has 4 N–H and O–H groups in total. The van der Waals surface area contributed by atoms with Crippen molar-refractivity contribution in [2.75, 3.05) is 16.4 Å². The molecule has 0 radical (unpaired) electrons. The molecule has 0 spiro atoms. The van der Waals surface area contributed by atoms with E-state index in [9.17, 15) is 4.79 Å². The Kier molecular flexibility index (Phi) is 6.97. The number of anilines is 4. The first kappa shape index (κ1) is 24.6. The monoisotopic (exact) mass is 575 g/mol. The van der Waals surface area contributed by atoms with Gasteiger partial charge < -0.3 is 15.8 Å². The number of ether oxygens (including phenoxy) is 1. The van der Waals surface area contributed by atoms with Gasteiger partial charge in [-0.3, -0.25) is 10.1 Å². The third-order valence-electron chi connectivity index (χ3n) is 5.41. The fourth-order valence-electron chi connectivity index (χ4n) is 3.51. The molecule has 5 aromatic rings. The first-order valence-electron chi connectivity index (χ1n) is 11.3. The van der Waals surface area contributed by atoms with E-state index in [-0.39, 0.29) is 11.8 Å². The largest absolute Gasteiger partial charge is 0.455 e. The number of benzene rings is 2. The van der Waals surface area contributed by atoms with Gasteiger partial charge in [0.1, 0.15) is 17.9 Å². The first-order chi connectivity index (χ1) is 17.9. The number of aromatic nitrogens is 4. The highest BCUT2D eigenvalue weighted by molar-refractivity contribution is 9.11. The van der Waals surface area contributed by atoms with Gasteiger partial charge in [-0.2, -0.15) is 0 Å². The highest BCUT2D eigenvalue weighted by Gasteiger charge is 2.16. The van der Waals surface area contributed by atoms with E-state index >= 15 is 0 Å². The Bertz CT molecular complexity index is 1590. The van der Waals surface area contributed by atoms with E-state index in [1.54, 1.807) is 48.7 Å². The Morgan fingerprint density at radius 2 is 1.86 bits per heavy atom. The lowest BCUT2D eigenvalue weighted by Gasteiger charge is -2.15. The van der Waals surface area contributed by atoms with Crippen LogP contribution in [0, 0.1) is 0 Å². The van der Waals surface area contributed by atoms with Crippen LogP contribution >= 0.6 is 27.3 Å². The number of pyridine rings is 1. The van der Waals surface area contributed by atoms with Crippen molar-refractivity contribution in [1.29, 1.82) is 0 Å². The second kappa shape index (κ2) is 10.5. The van der Waals surface area contributed by atoms with Crippen LogP contribution in [0.3, 0.4) is 0 Å². The topological polar surface area (TPSA) is 128 Å². The van der Waals surface area contributed by atoms with Crippen LogP contribution in [-0.2, 0) is 0 Å². The lowest BCUT2D eigenvalue weighted by molar-refractivity contribution is 0.102. The molecule has 3 heterocycles. The minimum absolute atomic E-state index is 0.268. The van der Waals surface area contributed by atoms with Crippen molar-refractivity contribution in [2.45, 2.75) is 19.8 Å². The van der Waals surface area contributed by atoms with Crippen LogP contribution in [0.5, 0.6) is 11.5 Å². The molecule has 0 aliphatic carbocycles. The number of thiazole rings is 1. The third-order valence-corrected chi connectivity index (χ3v) is 6.80. The molecule has 9 nitrogen and oxygen atoms in total. The highest BCUT2D eigenvalue weighted by atomic mass is 79.9.